The van der Waals surface area contributed by atoms with Crippen molar-refractivity contribution < 1.29 is 14.3 Å². The van der Waals surface area contributed by atoms with E-state index in [0.29, 0.717) is 19.1 Å². The summed E-state index contributed by atoms with van der Waals surface area (Å²) in [6.45, 7) is 4.93. The van der Waals surface area contributed by atoms with Crippen molar-refractivity contribution >= 4 is 5.97 Å². The first-order valence-electron chi connectivity index (χ1n) is 4.04. The number of ether oxygens (including phenoxy) is 2. The smallest absolute Gasteiger partial charge is 0.335 e. The second-order valence-electron chi connectivity index (χ2n) is 2.81. The normalized spacial score (nSPS) is 30.4. The molecule has 0 aromatic heterocycles. The third-order valence-corrected chi connectivity index (χ3v) is 1.91. The first kappa shape index (κ1) is 8.53. The highest BCUT2D eigenvalue weighted by Crippen LogP contribution is 2.20. The van der Waals surface area contributed by atoms with Gasteiger partial charge < -0.3 is 9.47 Å². The average molecular weight is 158 g/mol. The standard InChI is InChI=1S/C8H14O3/c1-3-10-8(9)7-6(2)4-5-11-7/h6-7H,3-5H2,1-2H3. The van der Waals surface area contributed by atoms with E-state index in [4.69, 9.17) is 9.47 Å². The lowest BCUT2D eigenvalue weighted by Gasteiger charge is -2.11. The van der Waals surface area contributed by atoms with Crippen molar-refractivity contribution in [2.45, 2.75) is 26.4 Å². The van der Waals surface area contributed by atoms with Crippen molar-refractivity contribution in [2.75, 3.05) is 13.2 Å². The Balaban J connectivity index is 2.39. The lowest BCUT2D eigenvalue weighted by Crippen LogP contribution is -2.27. The van der Waals surface area contributed by atoms with Crippen molar-refractivity contribution in [1.29, 1.82) is 0 Å². The molecule has 2 unspecified atom stereocenters. The Kier molecular flexibility index (Phi) is 2.88. The van der Waals surface area contributed by atoms with Gasteiger partial charge in [0.25, 0.3) is 0 Å². The fraction of sp³-hybridized carbons (Fsp3) is 0.875. The molecule has 1 rings (SSSR count). The van der Waals surface area contributed by atoms with E-state index in [0.717, 1.165) is 6.42 Å². The Morgan fingerprint density at radius 1 is 1.73 bits per heavy atom. The highest BCUT2D eigenvalue weighted by Gasteiger charge is 2.31. The van der Waals surface area contributed by atoms with E-state index in [2.05, 4.69) is 0 Å². The molecule has 1 aliphatic heterocycles. The molecule has 3 nitrogen and oxygen atoms in total. The quantitative estimate of drug-likeness (QED) is 0.562. The molecule has 0 amide bonds. The summed E-state index contributed by atoms with van der Waals surface area (Å²) in [7, 11) is 0. The maximum absolute atomic E-state index is 11.1. The molecule has 2 atom stereocenters. The van der Waals surface area contributed by atoms with Gasteiger partial charge in [-0.2, -0.15) is 0 Å². The summed E-state index contributed by atoms with van der Waals surface area (Å²) >= 11 is 0. The number of esters is 1. The minimum Gasteiger partial charge on any atom is -0.464 e. The summed E-state index contributed by atoms with van der Waals surface area (Å²) in [6.07, 6.45) is 0.652. The van der Waals surface area contributed by atoms with E-state index in [1.165, 1.54) is 0 Å². The van der Waals surface area contributed by atoms with Gasteiger partial charge in [-0.25, -0.2) is 4.79 Å². The van der Waals surface area contributed by atoms with E-state index in [9.17, 15) is 4.79 Å². The molecular weight excluding hydrogens is 144 g/mol. The fourth-order valence-electron chi connectivity index (χ4n) is 1.22. The number of rotatable bonds is 2. The molecule has 0 aromatic rings. The Bertz CT molecular complexity index is 144. The van der Waals surface area contributed by atoms with Crippen molar-refractivity contribution in [1.82, 2.24) is 0 Å². The van der Waals surface area contributed by atoms with Gasteiger partial charge in [-0.15, -0.1) is 0 Å². The van der Waals surface area contributed by atoms with Crippen molar-refractivity contribution in [3.05, 3.63) is 0 Å². The van der Waals surface area contributed by atoms with Gasteiger partial charge in [0.1, 0.15) is 0 Å². The Hall–Kier alpha value is -0.570. The minimum absolute atomic E-state index is 0.211. The SMILES string of the molecule is CCOC(=O)C1OCCC1C. The molecule has 0 N–H and O–H groups in total. The van der Waals surface area contributed by atoms with E-state index in [-0.39, 0.29) is 12.1 Å². The van der Waals surface area contributed by atoms with E-state index in [1.54, 1.807) is 6.92 Å². The maximum Gasteiger partial charge on any atom is 0.335 e. The van der Waals surface area contributed by atoms with Gasteiger partial charge in [-0.3, -0.25) is 0 Å². The van der Waals surface area contributed by atoms with Crippen LogP contribution < -0.4 is 0 Å². The van der Waals surface area contributed by atoms with E-state index in [1.807, 2.05) is 6.92 Å². The molecule has 64 valence electrons. The summed E-state index contributed by atoms with van der Waals surface area (Å²) in [5.74, 6) is 0.103. The molecular formula is C8H14O3. The van der Waals surface area contributed by atoms with Crippen LogP contribution in [0, 0.1) is 5.92 Å². The van der Waals surface area contributed by atoms with Crippen molar-refractivity contribution in [3.63, 3.8) is 0 Å². The van der Waals surface area contributed by atoms with Crippen LogP contribution in [-0.2, 0) is 14.3 Å². The zero-order chi connectivity index (χ0) is 8.27. The number of carbonyl (C=O) groups excluding carboxylic acids is 1. The molecule has 11 heavy (non-hydrogen) atoms. The summed E-state index contributed by atoms with van der Waals surface area (Å²) < 4.78 is 10.0. The Morgan fingerprint density at radius 2 is 2.45 bits per heavy atom. The van der Waals surface area contributed by atoms with Gasteiger partial charge in [0.15, 0.2) is 6.10 Å². The highest BCUT2D eigenvalue weighted by molar-refractivity contribution is 5.75. The predicted molar refractivity (Wildman–Crippen MR) is 40.2 cm³/mol. The van der Waals surface area contributed by atoms with Crippen molar-refractivity contribution in [2.24, 2.45) is 5.92 Å². The molecule has 0 aromatic carbocycles. The zero-order valence-corrected chi connectivity index (χ0v) is 7.00. The maximum atomic E-state index is 11.1. The lowest BCUT2D eigenvalue weighted by molar-refractivity contribution is -0.155. The summed E-state index contributed by atoms with van der Waals surface area (Å²) in [5.41, 5.74) is 0. The third-order valence-electron chi connectivity index (χ3n) is 1.91. The molecule has 1 aliphatic rings. The molecule has 0 saturated carbocycles. The van der Waals surface area contributed by atoms with E-state index >= 15 is 0 Å². The van der Waals surface area contributed by atoms with Gasteiger partial charge in [-0.1, -0.05) is 6.92 Å². The molecule has 3 heteroatoms. The van der Waals surface area contributed by atoms with Crippen LogP contribution in [0.4, 0.5) is 0 Å². The number of carbonyl (C=O) groups is 1. The topological polar surface area (TPSA) is 35.5 Å². The largest absolute Gasteiger partial charge is 0.464 e. The number of hydrogen-bond donors (Lipinski definition) is 0. The highest BCUT2D eigenvalue weighted by atomic mass is 16.6. The van der Waals surface area contributed by atoms with Crippen LogP contribution >= 0.6 is 0 Å². The van der Waals surface area contributed by atoms with Gasteiger partial charge in [-0.05, 0) is 19.3 Å². The lowest BCUT2D eigenvalue weighted by atomic mass is 10.1. The van der Waals surface area contributed by atoms with Crippen LogP contribution in [0.15, 0.2) is 0 Å². The molecule has 0 radical (unpaired) electrons. The molecule has 1 fully saturated rings. The summed E-state index contributed by atoms with van der Waals surface area (Å²) in [4.78, 5) is 11.1. The second-order valence-corrected chi connectivity index (χ2v) is 2.81. The van der Waals surface area contributed by atoms with Gasteiger partial charge >= 0.3 is 5.97 Å². The molecule has 0 spiro atoms. The summed E-state index contributed by atoms with van der Waals surface area (Å²) in [5, 5.41) is 0. The molecule has 0 aliphatic carbocycles. The van der Waals surface area contributed by atoms with Crippen LogP contribution in [0.25, 0.3) is 0 Å². The van der Waals surface area contributed by atoms with Crippen molar-refractivity contribution in [3.8, 4) is 0 Å². The van der Waals surface area contributed by atoms with Crippen LogP contribution in [0.3, 0.4) is 0 Å². The fourth-order valence-corrected chi connectivity index (χ4v) is 1.22. The zero-order valence-electron chi connectivity index (χ0n) is 7.00. The summed E-state index contributed by atoms with van der Waals surface area (Å²) in [6, 6.07) is 0. The molecule has 0 bridgehead atoms. The third kappa shape index (κ3) is 1.93. The average Bonchev–Trinajstić information content (AvgIpc) is 2.36. The molecule has 1 saturated heterocycles. The van der Waals surface area contributed by atoms with Gasteiger partial charge in [0, 0.05) is 6.61 Å². The first-order chi connectivity index (χ1) is 5.25. The van der Waals surface area contributed by atoms with Crippen LogP contribution in [0.2, 0.25) is 0 Å². The first-order valence-corrected chi connectivity index (χ1v) is 4.04. The Labute approximate surface area is 66.7 Å². The van der Waals surface area contributed by atoms with Crippen LogP contribution in [0.5, 0.6) is 0 Å². The van der Waals surface area contributed by atoms with Gasteiger partial charge in [0.05, 0.1) is 6.61 Å². The van der Waals surface area contributed by atoms with Crippen LogP contribution in [0.1, 0.15) is 20.3 Å². The van der Waals surface area contributed by atoms with Gasteiger partial charge in [0.2, 0.25) is 0 Å². The predicted octanol–water partition coefficient (Wildman–Crippen LogP) is 0.974. The number of hydrogen-bond acceptors (Lipinski definition) is 3. The second kappa shape index (κ2) is 3.72. The van der Waals surface area contributed by atoms with E-state index < -0.39 is 0 Å². The minimum atomic E-state index is -0.310. The van der Waals surface area contributed by atoms with Crippen LogP contribution in [-0.4, -0.2) is 25.3 Å². The monoisotopic (exact) mass is 158 g/mol. The molecule has 1 heterocycles. The Morgan fingerprint density at radius 3 is 2.91 bits per heavy atom.